The van der Waals surface area contributed by atoms with E-state index in [1.165, 1.54) is 13.1 Å². The Labute approximate surface area is 224 Å². The Morgan fingerprint density at radius 1 is 0.921 bits per heavy atom. The van der Waals surface area contributed by atoms with Gasteiger partial charge in [0, 0.05) is 82.1 Å². The van der Waals surface area contributed by atoms with Crippen LogP contribution < -0.4 is 20.3 Å². The van der Waals surface area contributed by atoms with Crippen LogP contribution in [-0.4, -0.2) is 105 Å². The van der Waals surface area contributed by atoms with Gasteiger partial charge in [-0.25, -0.2) is 13.4 Å². The SMILES string of the molecule is CS(=O)(=O)Nc1ccc(CCNc2nc(N3CC(N4CCN(C5CNC5)CC4)C3)nc3ccccc23)cc1. The molecule has 0 spiro atoms. The molecule has 3 aliphatic rings. The van der Waals surface area contributed by atoms with Crippen LogP contribution in [0.4, 0.5) is 17.5 Å². The smallest absolute Gasteiger partial charge is 0.229 e. The number of sulfonamides is 1. The molecule has 11 heteroatoms. The highest BCUT2D eigenvalue weighted by atomic mass is 32.2. The molecular formula is C27H36N8O2S. The molecule has 3 aromatic rings. The molecule has 6 rings (SSSR count). The van der Waals surface area contributed by atoms with Crippen LogP contribution in [0.15, 0.2) is 48.5 Å². The fourth-order valence-corrected chi connectivity index (χ4v) is 6.03. The van der Waals surface area contributed by atoms with Gasteiger partial charge in [0.1, 0.15) is 5.82 Å². The summed E-state index contributed by atoms with van der Waals surface area (Å²) in [5, 5.41) is 7.92. The zero-order chi connectivity index (χ0) is 26.1. The first-order valence-electron chi connectivity index (χ1n) is 13.4. The highest BCUT2D eigenvalue weighted by molar-refractivity contribution is 7.92. The number of hydrogen-bond donors (Lipinski definition) is 3. The van der Waals surface area contributed by atoms with Crippen molar-refractivity contribution < 1.29 is 8.42 Å². The first-order chi connectivity index (χ1) is 18.4. The maximum atomic E-state index is 11.4. The van der Waals surface area contributed by atoms with Gasteiger partial charge in [-0.2, -0.15) is 4.98 Å². The second-order valence-electron chi connectivity index (χ2n) is 10.6. The molecule has 4 heterocycles. The number of fused-ring (bicyclic) bond motifs is 1. The maximum Gasteiger partial charge on any atom is 0.229 e. The second-order valence-corrected chi connectivity index (χ2v) is 12.3. The van der Waals surface area contributed by atoms with E-state index in [9.17, 15) is 8.42 Å². The molecule has 10 nitrogen and oxygen atoms in total. The average molecular weight is 537 g/mol. The van der Waals surface area contributed by atoms with Gasteiger partial charge >= 0.3 is 0 Å². The molecule has 0 amide bonds. The lowest BCUT2D eigenvalue weighted by molar-refractivity contribution is 0.0442. The van der Waals surface area contributed by atoms with E-state index in [1.807, 2.05) is 30.3 Å². The van der Waals surface area contributed by atoms with Crippen molar-refractivity contribution in [1.82, 2.24) is 25.1 Å². The quantitative estimate of drug-likeness (QED) is 0.375. The minimum Gasteiger partial charge on any atom is -0.369 e. The van der Waals surface area contributed by atoms with Crippen LogP contribution in [0.2, 0.25) is 0 Å². The van der Waals surface area contributed by atoms with E-state index in [-0.39, 0.29) is 0 Å². The number of aromatic nitrogens is 2. The molecule has 202 valence electrons. The highest BCUT2D eigenvalue weighted by Crippen LogP contribution is 2.28. The largest absolute Gasteiger partial charge is 0.369 e. The van der Waals surface area contributed by atoms with Crippen LogP contribution in [0.5, 0.6) is 0 Å². The lowest BCUT2D eigenvalue weighted by Gasteiger charge is -2.50. The predicted molar refractivity (Wildman–Crippen MR) is 152 cm³/mol. The van der Waals surface area contributed by atoms with Crippen LogP contribution in [0.1, 0.15) is 5.56 Å². The van der Waals surface area contributed by atoms with Crippen molar-refractivity contribution in [2.75, 3.05) is 80.1 Å². The average Bonchev–Trinajstić information content (AvgIpc) is 2.83. The van der Waals surface area contributed by atoms with Crippen molar-refractivity contribution >= 4 is 38.4 Å². The topological polar surface area (TPSA) is 106 Å². The molecule has 0 atom stereocenters. The summed E-state index contributed by atoms with van der Waals surface area (Å²) in [5.41, 5.74) is 2.64. The first-order valence-corrected chi connectivity index (χ1v) is 15.3. The summed E-state index contributed by atoms with van der Waals surface area (Å²) in [6.45, 7) is 9.55. The number of rotatable bonds is 9. The van der Waals surface area contributed by atoms with Gasteiger partial charge in [-0.3, -0.25) is 14.5 Å². The summed E-state index contributed by atoms with van der Waals surface area (Å²) in [5.74, 6) is 1.64. The van der Waals surface area contributed by atoms with Crippen LogP contribution in [0.3, 0.4) is 0 Å². The Morgan fingerprint density at radius 3 is 2.26 bits per heavy atom. The molecule has 3 saturated heterocycles. The third-order valence-corrected chi connectivity index (χ3v) is 8.45. The van der Waals surface area contributed by atoms with Gasteiger partial charge in [-0.15, -0.1) is 0 Å². The zero-order valence-electron chi connectivity index (χ0n) is 21.8. The minimum absolute atomic E-state index is 0.570. The van der Waals surface area contributed by atoms with Crippen molar-refractivity contribution in [2.45, 2.75) is 18.5 Å². The van der Waals surface area contributed by atoms with Gasteiger partial charge in [0.2, 0.25) is 16.0 Å². The molecule has 3 aliphatic heterocycles. The molecule has 0 aliphatic carbocycles. The summed E-state index contributed by atoms with van der Waals surface area (Å²) in [6.07, 6.45) is 1.95. The summed E-state index contributed by atoms with van der Waals surface area (Å²) in [6, 6.07) is 16.9. The molecule has 3 N–H and O–H groups in total. The molecular weight excluding hydrogens is 500 g/mol. The molecule has 0 bridgehead atoms. The van der Waals surface area contributed by atoms with Gasteiger partial charge in [0.05, 0.1) is 11.8 Å². The lowest BCUT2D eigenvalue weighted by Crippen LogP contribution is -2.66. The Hall–Kier alpha value is -2.99. The first kappa shape index (κ1) is 25.3. The van der Waals surface area contributed by atoms with Crippen LogP contribution in [0, 0.1) is 0 Å². The van der Waals surface area contributed by atoms with E-state index >= 15 is 0 Å². The Morgan fingerprint density at radius 2 is 1.61 bits per heavy atom. The fraction of sp³-hybridized carbons (Fsp3) is 0.481. The molecule has 0 saturated carbocycles. The molecule has 2 aromatic carbocycles. The fourth-order valence-electron chi connectivity index (χ4n) is 5.47. The van der Waals surface area contributed by atoms with Crippen molar-refractivity contribution in [2.24, 2.45) is 0 Å². The van der Waals surface area contributed by atoms with Crippen molar-refractivity contribution in [1.29, 1.82) is 0 Å². The summed E-state index contributed by atoms with van der Waals surface area (Å²) in [4.78, 5) is 17.4. The molecule has 38 heavy (non-hydrogen) atoms. The van der Waals surface area contributed by atoms with Gasteiger partial charge in [-0.05, 0) is 36.2 Å². The summed E-state index contributed by atoms with van der Waals surface area (Å²) >= 11 is 0. The molecule has 1 aromatic heterocycles. The number of nitrogens with one attached hydrogen (secondary N) is 3. The standard InChI is InChI=1S/C27H36N8O2S/c1-38(36,37)32-21-8-6-20(7-9-21)10-11-29-26-24-4-2-3-5-25(24)30-27(31-26)35-18-23(19-35)34-14-12-33(13-15-34)22-16-28-17-22/h2-9,22-23,28,32H,10-19H2,1H3,(H,29,30,31). The second kappa shape index (κ2) is 10.6. The Bertz CT molecular complexity index is 1370. The van der Waals surface area contributed by atoms with E-state index in [2.05, 4.69) is 36.1 Å². The van der Waals surface area contributed by atoms with Crippen molar-refractivity contribution in [3.05, 3.63) is 54.1 Å². The van der Waals surface area contributed by atoms with Crippen molar-refractivity contribution in [3.63, 3.8) is 0 Å². The van der Waals surface area contributed by atoms with Crippen LogP contribution in [-0.2, 0) is 16.4 Å². The third-order valence-electron chi connectivity index (χ3n) is 7.84. The van der Waals surface area contributed by atoms with E-state index in [0.717, 1.165) is 86.2 Å². The number of anilines is 3. The van der Waals surface area contributed by atoms with Crippen LogP contribution >= 0.6 is 0 Å². The summed E-state index contributed by atoms with van der Waals surface area (Å²) < 4.78 is 25.4. The Kier molecular flexibility index (Phi) is 7.08. The van der Waals surface area contributed by atoms with Gasteiger partial charge in [0.15, 0.2) is 0 Å². The third kappa shape index (κ3) is 5.70. The number of piperazine rings is 1. The summed E-state index contributed by atoms with van der Waals surface area (Å²) in [7, 11) is -3.27. The number of hydrogen-bond acceptors (Lipinski definition) is 9. The van der Waals surface area contributed by atoms with Gasteiger partial charge < -0.3 is 15.5 Å². The van der Waals surface area contributed by atoms with Crippen molar-refractivity contribution in [3.8, 4) is 0 Å². The van der Waals surface area contributed by atoms with Gasteiger partial charge in [-0.1, -0.05) is 24.3 Å². The molecule has 0 unspecified atom stereocenters. The normalized spacial score (nSPS) is 19.8. The zero-order valence-corrected chi connectivity index (χ0v) is 22.6. The minimum atomic E-state index is -3.27. The van der Waals surface area contributed by atoms with E-state index in [0.29, 0.717) is 18.3 Å². The maximum absolute atomic E-state index is 11.4. The highest BCUT2D eigenvalue weighted by Gasteiger charge is 2.36. The van der Waals surface area contributed by atoms with E-state index in [4.69, 9.17) is 9.97 Å². The Balaban J connectivity index is 1.06. The number of para-hydroxylation sites is 1. The predicted octanol–water partition coefficient (Wildman–Crippen LogP) is 1.43. The lowest BCUT2D eigenvalue weighted by atomic mass is 10.0. The van der Waals surface area contributed by atoms with E-state index in [1.54, 1.807) is 12.1 Å². The molecule has 3 fully saturated rings. The van der Waals surface area contributed by atoms with Crippen LogP contribution in [0.25, 0.3) is 10.9 Å². The number of benzene rings is 2. The monoisotopic (exact) mass is 536 g/mol. The molecule has 0 radical (unpaired) electrons. The van der Waals surface area contributed by atoms with E-state index < -0.39 is 10.0 Å². The number of nitrogens with zero attached hydrogens (tertiary/aromatic N) is 5. The van der Waals surface area contributed by atoms with Gasteiger partial charge in [0.25, 0.3) is 0 Å².